The first-order valence-electron chi connectivity index (χ1n) is 12.4. The number of sulfonamides is 1. The van der Waals surface area contributed by atoms with Crippen molar-refractivity contribution in [2.75, 3.05) is 13.1 Å². The van der Waals surface area contributed by atoms with E-state index in [2.05, 4.69) is 54.1 Å². The van der Waals surface area contributed by atoms with Gasteiger partial charge in [-0.25, -0.2) is 8.42 Å². The number of hydrogen-bond donors (Lipinski definition) is 1. The maximum absolute atomic E-state index is 13.1. The van der Waals surface area contributed by atoms with Crippen molar-refractivity contribution in [3.63, 3.8) is 0 Å². The predicted octanol–water partition coefficient (Wildman–Crippen LogP) is 6.54. The molecule has 2 aromatic heterocycles. The minimum absolute atomic E-state index is 0.352. The third kappa shape index (κ3) is 4.53. The number of aryl methyl sites for hydroxylation is 2. The fourth-order valence-electron chi connectivity index (χ4n) is 5.30. The van der Waals surface area contributed by atoms with Gasteiger partial charge in [-0.05, 0) is 86.1 Å². The highest BCUT2D eigenvalue weighted by Gasteiger charge is 2.30. The first-order chi connectivity index (χ1) is 16.7. The monoisotopic (exact) mass is 487 g/mol. The average molecular weight is 488 g/mol. The summed E-state index contributed by atoms with van der Waals surface area (Å²) in [5.74, 6) is 0.717. The molecule has 0 unspecified atom stereocenters. The zero-order chi connectivity index (χ0) is 24.7. The fraction of sp³-hybridized carbons (Fsp3) is 0.345. The van der Waals surface area contributed by atoms with Crippen LogP contribution in [0.25, 0.3) is 22.2 Å². The Morgan fingerprint density at radius 3 is 2.34 bits per heavy atom. The van der Waals surface area contributed by atoms with Crippen molar-refractivity contribution in [1.82, 2.24) is 14.3 Å². The number of aromatic nitrogens is 2. The number of nitrogens with one attached hydrogen (secondary N) is 1. The number of nitrogens with zero attached hydrogens (tertiary/aromatic N) is 2. The van der Waals surface area contributed by atoms with E-state index in [9.17, 15) is 8.42 Å². The molecule has 0 atom stereocenters. The van der Waals surface area contributed by atoms with Gasteiger partial charge in [0.1, 0.15) is 0 Å². The molecule has 1 fully saturated rings. The molecule has 3 heterocycles. The number of rotatable bonds is 5. The summed E-state index contributed by atoms with van der Waals surface area (Å²) >= 11 is 0. The Morgan fingerprint density at radius 2 is 1.69 bits per heavy atom. The standard InChI is InChI=1S/C29H33N3O2S/c1-19(2)28-26-18-23(7-10-27(26)31-29(28)24-11-14-30-21(4)17-24)22-12-15-32(16-13-22)35(33,34)25-8-5-20(3)6-9-25/h5-11,14,17-19,22,31H,12-13,15-16H2,1-4H3. The number of piperidine rings is 1. The van der Waals surface area contributed by atoms with Crippen molar-refractivity contribution in [3.8, 4) is 11.3 Å². The Bertz CT molecular complexity index is 1460. The van der Waals surface area contributed by atoms with Crippen LogP contribution in [-0.2, 0) is 10.0 Å². The summed E-state index contributed by atoms with van der Waals surface area (Å²) in [5.41, 5.74) is 8.15. The molecular formula is C29H33N3O2S. The highest BCUT2D eigenvalue weighted by molar-refractivity contribution is 7.89. The highest BCUT2D eigenvalue weighted by Crippen LogP contribution is 2.38. The lowest BCUT2D eigenvalue weighted by molar-refractivity contribution is 0.319. The van der Waals surface area contributed by atoms with E-state index in [1.165, 1.54) is 16.5 Å². The number of pyridine rings is 1. The second kappa shape index (κ2) is 9.25. The van der Waals surface area contributed by atoms with Crippen molar-refractivity contribution in [1.29, 1.82) is 0 Å². The molecule has 182 valence electrons. The normalized spacial score (nSPS) is 15.8. The average Bonchev–Trinajstić information content (AvgIpc) is 3.24. The van der Waals surface area contributed by atoms with Crippen LogP contribution < -0.4 is 0 Å². The first-order valence-corrected chi connectivity index (χ1v) is 13.8. The Morgan fingerprint density at radius 1 is 0.971 bits per heavy atom. The van der Waals surface area contributed by atoms with E-state index in [4.69, 9.17) is 0 Å². The SMILES string of the molecule is Cc1ccc(S(=O)(=O)N2CCC(c3ccc4[nH]c(-c5ccnc(C)c5)c(C(C)C)c4c3)CC2)cc1. The molecule has 0 amide bonds. The maximum Gasteiger partial charge on any atom is 0.243 e. The minimum Gasteiger partial charge on any atom is -0.354 e. The van der Waals surface area contributed by atoms with E-state index in [1.54, 1.807) is 16.4 Å². The molecule has 5 nitrogen and oxygen atoms in total. The molecule has 1 saturated heterocycles. The van der Waals surface area contributed by atoms with Crippen molar-refractivity contribution in [2.24, 2.45) is 0 Å². The Hall–Kier alpha value is -2.96. The van der Waals surface area contributed by atoms with Crippen LogP contribution in [-0.4, -0.2) is 35.8 Å². The molecule has 1 aliphatic heterocycles. The van der Waals surface area contributed by atoms with Gasteiger partial charge in [-0.15, -0.1) is 0 Å². The van der Waals surface area contributed by atoms with Gasteiger partial charge < -0.3 is 4.98 Å². The molecule has 6 heteroatoms. The summed E-state index contributed by atoms with van der Waals surface area (Å²) in [6.45, 7) is 9.55. The van der Waals surface area contributed by atoms with Crippen LogP contribution in [0.1, 0.15) is 60.9 Å². The lowest BCUT2D eigenvalue weighted by Gasteiger charge is -2.31. The van der Waals surface area contributed by atoms with Crippen molar-refractivity contribution in [3.05, 3.63) is 83.2 Å². The third-order valence-electron chi connectivity index (χ3n) is 7.21. The van der Waals surface area contributed by atoms with E-state index in [0.29, 0.717) is 29.8 Å². The molecule has 2 aromatic carbocycles. The quantitative estimate of drug-likeness (QED) is 0.348. The highest BCUT2D eigenvalue weighted by atomic mass is 32.2. The van der Waals surface area contributed by atoms with Crippen molar-refractivity contribution >= 4 is 20.9 Å². The number of fused-ring (bicyclic) bond motifs is 1. The van der Waals surface area contributed by atoms with E-state index in [0.717, 1.165) is 40.9 Å². The molecule has 0 bridgehead atoms. The molecule has 5 rings (SSSR count). The van der Waals surface area contributed by atoms with Gasteiger partial charge in [0.2, 0.25) is 10.0 Å². The Labute approximate surface area is 208 Å². The van der Waals surface area contributed by atoms with Gasteiger partial charge in [0, 0.05) is 41.4 Å². The van der Waals surface area contributed by atoms with Crippen LogP contribution in [0.5, 0.6) is 0 Å². The van der Waals surface area contributed by atoms with Crippen LogP contribution in [0.3, 0.4) is 0 Å². The molecule has 1 N–H and O–H groups in total. The lowest BCUT2D eigenvalue weighted by atomic mass is 9.88. The van der Waals surface area contributed by atoms with Crippen molar-refractivity contribution < 1.29 is 8.42 Å². The van der Waals surface area contributed by atoms with Gasteiger partial charge in [0.25, 0.3) is 0 Å². The van der Waals surface area contributed by atoms with Gasteiger partial charge in [-0.3, -0.25) is 4.98 Å². The van der Waals surface area contributed by atoms with Crippen LogP contribution in [0.15, 0.2) is 65.7 Å². The zero-order valence-corrected chi connectivity index (χ0v) is 21.7. The molecular weight excluding hydrogens is 454 g/mol. The number of aromatic amines is 1. The smallest absolute Gasteiger partial charge is 0.243 e. The number of hydrogen-bond acceptors (Lipinski definition) is 3. The van der Waals surface area contributed by atoms with Gasteiger partial charge in [0.15, 0.2) is 0 Å². The maximum atomic E-state index is 13.1. The second-order valence-electron chi connectivity index (χ2n) is 10.1. The summed E-state index contributed by atoms with van der Waals surface area (Å²) in [6, 6.07) is 18.1. The van der Waals surface area contributed by atoms with E-state index in [1.807, 2.05) is 32.2 Å². The van der Waals surface area contributed by atoms with Crippen LogP contribution in [0.4, 0.5) is 0 Å². The molecule has 1 aliphatic rings. The largest absolute Gasteiger partial charge is 0.354 e. The van der Waals surface area contributed by atoms with Crippen LogP contribution in [0, 0.1) is 13.8 Å². The van der Waals surface area contributed by atoms with Gasteiger partial charge in [-0.2, -0.15) is 4.31 Å². The summed E-state index contributed by atoms with van der Waals surface area (Å²) in [7, 11) is -3.44. The van der Waals surface area contributed by atoms with Crippen molar-refractivity contribution in [2.45, 2.75) is 57.3 Å². The lowest BCUT2D eigenvalue weighted by Crippen LogP contribution is -2.37. The number of benzene rings is 2. The number of H-pyrrole nitrogens is 1. The first kappa shape index (κ1) is 23.8. The third-order valence-corrected chi connectivity index (χ3v) is 9.12. The Balaban J connectivity index is 1.41. The van der Waals surface area contributed by atoms with E-state index in [-0.39, 0.29) is 0 Å². The molecule has 4 aromatic rings. The molecule has 0 aliphatic carbocycles. The summed E-state index contributed by atoms with van der Waals surface area (Å²) < 4.78 is 27.9. The summed E-state index contributed by atoms with van der Waals surface area (Å²) in [6.07, 6.45) is 3.52. The van der Waals surface area contributed by atoms with E-state index < -0.39 is 10.0 Å². The van der Waals surface area contributed by atoms with Gasteiger partial charge in [0.05, 0.1) is 10.6 Å². The molecule has 0 radical (unpaired) electrons. The second-order valence-corrected chi connectivity index (χ2v) is 12.0. The molecule has 0 spiro atoms. The minimum atomic E-state index is -3.44. The summed E-state index contributed by atoms with van der Waals surface area (Å²) in [4.78, 5) is 8.39. The topological polar surface area (TPSA) is 66.1 Å². The Kier molecular flexibility index (Phi) is 6.28. The van der Waals surface area contributed by atoms with Crippen LogP contribution in [0.2, 0.25) is 0 Å². The van der Waals surface area contributed by atoms with Gasteiger partial charge in [-0.1, -0.05) is 37.6 Å². The van der Waals surface area contributed by atoms with Crippen LogP contribution >= 0.6 is 0 Å². The molecule has 0 saturated carbocycles. The van der Waals surface area contributed by atoms with Gasteiger partial charge >= 0.3 is 0 Å². The molecule has 35 heavy (non-hydrogen) atoms. The summed E-state index contributed by atoms with van der Waals surface area (Å²) in [5, 5.41) is 1.26. The zero-order valence-electron chi connectivity index (χ0n) is 20.9. The predicted molar refractivity (Wildman–Crippen MR) is 142 cm³/mol. The van der Waals surface area contributed by atoms with E-state index >= 15 is 0 Å². The fourth-order valence-corrected chi connectivity index (χ4v) is 6.77.